The monoisotopic (exact) mass is 312 g/mol. The third-order valence-corrected chi connectivity index (χ3v) is 2.37. The topological polar surface area (TPSA) is 37.3 Å². The highest BCUT2D eigenvalue weighted by molar-refractivity contribution is 14.1. The van der Waals surface area contributed by atoms with E-state index in [1.165, 1.54) is 12.1 Å². The van der Waals surface area contributed by atoms with Gasteiger partial charge in [0.05, 0.1) is 0 Å². The first-order valence-electron chi connectivity index (χ1n) is 3.77. The van der Waals surface area contributed by atoms with E-state index < -0.39 is 18.3 Å². The molecule has 0 aliphatic carbocycles. The molecular formula is C9H7F2IO2. The summed E-state index contributed by atoms with van der Waals surface area (Å²) < 4.78 is 26.4. The molecule has 0 aliphatic heterocycles. The van der Waals surface area contributed by atoms with Gasteiger partial charge in [0.2, 0.25) is 0 Å². The lowest BCUT2D eigenvalue weighted by Gasteiger charge is -2.10. The molecule has 2 nitrogen and oxygen atoms in total. The Bertz CT molecular complexity index is 335. The van der Waals surface area contributed by atoms with Crippen LogP contribution in [0.3, 0.4) is 0 Å². The van der Waals surface area contributed by atoms with E-state index in [0.717, 1.165) is 3.57 Å². The fraction of sp³-hybridized carbons (Fsp3) is 0.222. The summed E-state index contributed by atoms with van der Waals surface area (Å²) in [5, 5.41) is 8.21. The van der Waals surface area contributed by atoms with E-state index in [2.05, 4.69) is 0 Å². The number of aliphatic carboxylic acids is 1. The maximum atomic E-state index is 12.7. The summed E-state index contributed by atoms with van der Waals surface area (Å²) in [7, 11) is 0. The summed E-state index contributed by atoms with van der Waals surface area (Å²) in [6, 6.07) is 6.32. The van der Waals surface area contributed by atoms with Crippen molar-refractivity contribution in [3.8, 4) is 0 Å². The molecule has 0 heterocycles. The van der Waals surface area contributed by atoms with Gasteiger partial charge in [-0.15, -0.1) is 0 Å². The van der Waals surface area contributed by atoms with Crippen LogP contribution in [0, 0.1) is 3.57 Å². The molecule has 0 unspecified atom stereocenters. The Hall–Kier alpha value is -0.720. The van der Waals surface area contributed by atoms with Crippen molar-refractivity contribution in [3.63, 3.8) is 0 Å². The molecule has 0 fully saturated rings. The van der Waals surface area contributed by atoms with Gasteiger partial charge in [0, 0.05) is 9.99 Å². The fourth-order valence-corrected chi connectivity index (χ4v) is 1.29. The van der Waals surface area contributed by atoms with Crippen LogP contribution in [0.1, 0.15) is 5.56 Å². The average Bonchev–Trinajstić information content (AvgIpc) is 2.08. The zero-order chi connectivity index (χ0) is 10.8. The quantitative estimate of drug-likeness (QED) is 0.871. The number of carboxylic acids is 1. The van der Waals surface area contributed by atoms with Crippen LogP contribution >= 0.6 is 22.6 Å². The first-order chi connectivity index (χ1) is 6.42. The zero-order valence-electron chi connectivity index (χ0n) is 7.01. The minimum Gasteiger partial charge on any atom is -0.477 e. The number of carbonyl (C=O) groups is 1. The number of rotatable bonds is 3. The first kappa shape index (κ1) is 11.4. The molecule has 1 rings (SSSR count). The second-order valence-corrected chi connectivity index (χ2v) is 4.06. The lowest BCUT2D eigenvalue weighted by molar-refractivity contribution is -0.164. The molecule has 1 aromatic carbocycles. The molecule has 0 aromatic heterocycles. The van der Waals surface area contributed by atoms with Crippen molar-refractivity contribution >= 4 is 28.6 Å². The van der Waals surface area contributed by atoms with Gasteiger partial charge in [-0.2, -0.15) is 8.78 Å². The smallest absolute Gasteiger partial charge is 0.374 e. The van der Waals surface area contributed by atoms with Crippen molar-refractivity contribution in [2.75, 3.05) is 0 Å². The molecule has 0 radical (unpaired) electrons. The van der Waals surface area contributed by atoms with Crippen LogP contribution in [-0.4, -0.2) is 17.0 Å². The predicted octanol–water partition coefficient (Wildman–Crippen LogP) is 2.55. The van der Waals surface area contributed by atoms with E-state index in [1.54, 1.807) is 12.1 Å². The highest BCUT2D eigenvalue weighted by Gasteiger charge is 2.38. The van der Waals surface area contributed by atoms with Crippen molar-refractivity contribution in [2.45, 2.75) is 12.3 Å². The molecule has 0 saturated heterocycles. The number of hydrogen-bond acceptors (Lipinski definition) is 1. The van der Waals surface area contributed by atoms with Crippen LogP contribution < -0.4 is 0 Å². The Kier molecular flexibility index (Phi) is 3.41. The fourth-order valence-electron chi connectivity index (χ4n) is 0.934. The molecule has 0 atom stereocenters. The van der Waals surface area contributed by atoms with Crippen molar-refractivity contribution in [1.29, 1.82) is 0 Å². The van der Waals surface area contributed by atoms with Crippen molar-refractivity contribution in [2.24, 2.45) is 0 Å². The Labute approximate surface area is 93.1 Å². The van der Waals surface area contributed by atoms with Crippen molar-refractivity contribution in [1.82, 2.24) is 0 Å². The second-order valence-electron chi connectivity index (χ2n) is 2.81. The number of alkyl halides is 2. The van der Waals surface area contributed by atoms with Gasteiger partial charge in [-0.3, -0.25) is 0 Å². The van der Waals surface area contributed by atoms with Gasteiger partial charge in [-0.25, -0.2) is 4.79 Å². The molecular weight excluding hydrogens is 305 g/mol. The predicted molar refractivity (Wildman–Crippen MR) is 55.4 cm³/mol. The maximum absolute atomic E-state index is 12.7. The third-order valence-electron chi connectivity index (χ3n) is 1.65. The molecule has 1 N–H and O–H groups in total. The van der Waals surface area contributed by atoms with E-state index in [0.29, 0.717) is 5.56 Å². The van der Waals surface area contributed by atoms with Crippen LogP contribution in [0.25, 0.3) is 0 Å². The minimum atomic E-state index is -3.69. The molecule has 0 spiro atoms. The van der Waals surface area contributed by atoms with Gasteiger partial charge in [0.25, 0.3) is 0 Å². The maximum Gasteiger partial charge on any atom is 0.374 e. The van der Waals surface area contributed by atoms with Crippen LogP contribution in [-0.2, 0) is 11.2 Å². The van der Waals surface area contributed by atoms with E-state index in [9.17, 15) is 13.6 Å². The summed E-state index contributed by atoms with van der Waals surface area (Å²) in [6.45, 7) is 0. The molecule has 5 heteroatoms. The molecule has 0 amide bonds. The van der Waals surface area contributed by atoms with Gasteiger partial charge in [0.1, 0.15) is 0 Å². The Morgan fingerprint density at radius 1 is 1.36 bits per heavy atom. The van der Waals surface area contributed by atoms with Crippen LogP contribution in [0.5, 0.6) is 0 Å². The van der Waals surface area contributed by atoms with Crippen LogP contribution in [0.4, 0.5) is 8.78 Å². The normalized spacial score (nSPS) is 11.4. The highest BCUT2D eigenvalue weighted by atomic mass is 127. The van der Waals surface area contributed by atoms with Gasteiger partial charge in [0.15, 0.2) is 0 Å². The summed E-state index contributed by atoms with van der Waals surface area (Å²) in [5.74, 6) is -5.77. The third kappa shape index (κ3) is 2.90. The van der Waals surface area contributed by atoms with Gasteiger partial charge in [-0.1, -0.05) is 12.1 Å². The van der Waals surface area contributed by atoms with Crippen LogP contribution in [0.15, 0.2) is 24.3 Å². The SMILES string of the molecule is O=C(O)C(F)(F)Cc1ccc(I)cc1. The molecule has 0 aliphatic rings. The van der Waals surface area contributed by atoms with Gasteiger partial charge < -0.3 is 5.11 Å². The standard InChI is InChI=1S/C9H7F2IO2/c10-9(11,8(13)14)5-6-1-3-7(12)4-2-6/h1-4H,5H2,(H,13,14). The first-order valence-corrected chi connectivity index (χ1v) is 4.85. The summed E-state index contributed by atoms with van der Waals surface area (Å²) in [4.78, 5) is 10.1. The number of halogens is 3. The molecule has 0 saturated carbocycles. The van der Waals surface area contributed by atoms with E-state index in [1.807, 2.05) is 22.6 Å². The van der Waals surface area contributed by atoms with Gasteiger partial charge >= 0.3 is 11.9 Å². The summed E-state index contributed by atoms with van der Waals surface area (Å²) in [5.41, 5.74) is 0.317. The lowest BCUT2D eigenvalue weighted by atomic mass is 10.1. The number of hydrogen-bond donors (Lipinski definition) is 1. The number of benzene rings is 1. The lowest BCUT2D eigenvalue weighted by Crippen LogP contribution is -2.30. The van der Waals surface area contributed by atoms with Gasteiger partial charge in [-0.05, 0) is 40.3 Å². The summed E-state index contributed by atoms with van der Waals surface area (Å²) in [6.07, 6.45) is -0.765. The summed E-state index contributed by atoms with van der Waals surface area (Å²) >= 11 is 2.04. The Morgan fingerprint density at radius 2 is 1.86 bits per heavy atom. The molecule has 0 bridgehead atoms. The number of carboxylic acid groups (broad SMARTS) is 1. The van der Waals surface area contributed by atoms with E-state index in [-0.39, 0.29) is 0 Å². The van der Waals surface area contributed by atoms with E-state index >= 15 is 0 Å². The molecule has 14 heavy (non-hydrogen) atoms. The minimum absolute atomic E-state index is 0.317. The van der Waals surface area contributed by atoms with Crippen LogP contribution in [0.2, 0.25) is 0 Å². The van der Waals surface area contributed by atoms with E-state index in [4.69, 9.17) is 5.11 Å². The highest BCUT2D eigenvalue weighted by Crippen LogP contribution is 2.20. The Morgan fingerprint density at radius 3 is 2.29 bits per heavy atom. The molecule has 1 aromatic rings. The molecule has 76 valence electrons. The van der Waals surface area contributed by atoms with Crippen molar-refractivity contribution < 1.29 is 18.7 Å². The van der Waals surface area contributed by atoms with Crippen molar-refractivity contribution in [3.05, 3.63) is 33.4 Å². The Balaban J connectivity index is 2.79. The average molecular weight is 312 g/mol. The largest absolute Gasteiger partial charge is 0.477 e. The second kappa shape index (κ2) is 4.20. The zero-order valence-corrected chi connectivity index (χ0v) is 9.16.